The Morgan fingerprint density at radius 2 is 1.90 bits per heavy atom. The van der Waals surface area contributed by atoms with E-state index in [0.717, 1.165) is 35.7 Å². The fourth-order valence-corrected chi connectivity index (χ4v) is 4.69. The zero-order valence-corrected chi connectivity index (χ0v) is 22.0. The number of nitrogens with zero attached hydrogens (tertiary/aromatic N) is 8. The third-order valence-electron chi connectivity index (χ3n) is 6.90. The zero-order valence-electron chi connectivity index (χ0n) is 22.0. The number of rotatable bonds is 7. The molecule has 5 aromatic rings. The lowest BCUT2D eigenvalue weighted by Gasteiger charge is -2.13. The molecule has 0 amide bonds. The SMILES string of the molecule is COc1ncnc(C2CC2)c1-c1ncc2cnn(Cc3ccc(-c4nc(C(F)(F)F)cn4C(C)C)cc3N)c2n1. The molecule has 206 valence electrons. The molecule has 4 aromatic heterocycles. The highest BCUT2D eigenvalue weighted by molar-refractivity contribution is 5.77. The van der Waals surface area contributed by atoms with Gasteiger partial charge in [-0.05, 0) is 38.3 Å². The number of hydrogen-bond acceptors (Lipinski definition) is 8. The number of benzene rings is 1. The smallest absolute Gasteiger partial charge is 0.434 e. The van der Waals surface area contributed by atoms with Crippen LogP contribution in [0.25, 0.3) is 33.8 Å². The molecule has 0 aliphatic heterocycles. The molecule has 1 aliphatic rings. The molecule has 0 spiro atoms. The van der Waals surface area contributed by atoms with Gasteiger partial charge in [0.25, 0.3) is 0 Å². The van der Waals surface area contributed by atoms with Gasteiger partial charge in [-0.15, -0.1) is 0 Å². The van der Waals surface area contributed by atoms with Crippen LogP contribution in [0.15, 0.2) is 43.1 Å². The van der Waals surface area contributed by atoms with E-state index in [-0.39, 0.29) is 18.4 Å². The highest BCUT2D eigenvalue weighted by Crippen LogP contribution is 2.45. The van der Waals surface area contributed by atoms with Crippen LogP contribution in [0.2, 0.25) is 0 Å². The molecule has 1 saturated carbocycles. The number of imidazole rings is 1. The molecule has 0 saturated heterocycles. The van der Waals surface area contributed by atoms with Gasteiger partial charge in [-0.25, -0.2) is 29.6 Å². The molecule has 4 heterocycles. The molecular weight excluding hydrogens is 523 g/mol. The number of ether oxygens (including phenoxy) is 1. The molecule has 0 unspecified atom stereocenters. The van der Waals surface area contributed by atoms with Crippen LogP contribution < -0.4 is 10.5 Å². The largest absolute Gasteiger partial charge is 0.480 e. The van der Waals surface area contributed by atoms with E-state index in [1.165, 1.54) is 10.9 Å². The number of fused-ring (bicyclic) bond motifs is 1. The van der Waals surface area contributed by atoms with Crippen LogP contribution in [0.3, 0.4) is 0 Å². The minimum absolute atomic E-state index is 0.202. The van der Waals surface area contributed by atoms with Crippen molar-refractivity contribution < 1.29 is 17.9 Å². The lowest BCUT2D eigenvalue weighted by atomic mass is 10.1. The van der Waals surface area contributed by atoms with Crippen LogP contribution in [-0.2, 0) is 12.7 Å². The van der Waals surface area contributed by atoms with Crippen molar-refractivity contribution in [3.63, 3.8) is 0 Å². The molecule has 6 rings (SSSR count). The van der Waals surface area contributed by atoms with Gasteiger partial charge in [-0.2, -0.15) is 18.3 Å². The normalized spacial score (nSPS) is 13.9. The average molecular weight is 550 g/mol. The van der Waals surface area contributed by atoms with Gasteiger partial charge in [0.2, 0.25) is 5.88 Å². The molecule has 13 heteroatoms. The van der Waals surface area contributed by atoms with Gasteiger partial charge in [0, 0.05) is 35.6 Å². The Labute approximate surface area is 227 Å². The second kappa shape index (κ2) is 9.57. The predicted octanol–water partition coefficient (Wildman–Crippen LogP) is 5.26. The van der Waals surface area contributed by atoms with Crippen molar-refractivity contribution in [3.8, 4) is 28.7 Å². The fourth-order valence-electron chi connectivity index (χ4n) is 4.69. The molecular formula is C27H26F3N9O. The van der Waals surface area contributed by atoms with Crippen LogP contribution in [-0.4, -0.2) is 46.4 Å². The summed E-state index contributed by atoms with van der Waals surface area (Å²) in [5.41, 5.74) is 9.19. The van der Waals surface area contributed by atoms with E-state index in [0.29, 0.717) is 40.1 Å². The third-order valence-corrected chi connectivity index (χ3v) is 6.90. The minimum Gasteiger partial charge on any atom is -0.480 e. The molecule has 1 aliphatic carbocycles. The van der Waals surface area contributed by atoms with Crippen molar-refractivity contribution in [2.24, 2.45) is 0 Å². The zero-order chi connectivity index (χ0) is 28.2. The van der Waals surface area contributed by atoms with Crippen LogP contribution in [0.1, 0.15) is 55.6 Å². The Morgan fingerprint density at radius 1 is 1.10 bits per heavy atom. The van der Waals surface area contributed by atoms with Crippen molar-refractivity contribution in [1.29, 1.82) is 0 Å². The first-order valence-corrected chi connectivity index (χ1v) is 12.8. The van der Waals surface area contributed by atoms with Gasteiger partial charge in [-0.3, -0.25) is 0 Å². The topological polar surface area (TPSA) is 122 Å². The Kier molecular flexibility index (Phi) is 6.15. The van der Waals surface area contributed by atoms with Crippen molar-refractivity contribution >= 4 is 16.7 Å². The Hall–Kier alpha value is -4.55. The van der Waals surface area contributed by atoms with Crippen LogP contribution in [0, 0.1) is 0 Å². The van der Waals surface area contributed by atoms with Crippen LogP contribution in [0.5, 0.6) is 5.88 Å². The summed E-state index contributed by atoms with van der Waals surface area (Å²) in [5.74, 6) is 1.38. The number of hydrogen-bond donors (Lipinski definition) is 1. The minimum atomic E-state index is -4.54. The third kappa shape index (κ3) is 4.61. The molecule has 0 atom stereocenters. The van der Waals surface area contributed by atoms with E-state index in [2.05, 4.69) is 25.0 Å². The summed E-state index contributed by atoms with van der Waals surface area (Å²) in [6.07, 6.45) is 3.41. The number of methoxy groups -OCH3 is 1. The summed E-state index contributed by atoms with van der Waals surface area (Å²) in [7, 11) is 1.55. The van der Waals surface area contributed by atoms with Crippen LogP contribution in [0.4, 0.5) is 18.9 Å². The maximum atomic E-state index is 13.4. The van der Waals surface area contributed by atoms with Gasteiger partial charge >= 0.3 is 6.18 Å². The van der Waals surface area contributed by atoms with E-state index >= 15 is 0 Å². The van der Waals surface area contributed by atoms with E-state index in [1.807, 2.05) is 0 Å². The summed E-state index contributed by atoms with van der Waals surface area (Å²) in [6, 6.07) is 4.90. The monoisotopic (exact) mass is 549 g/mol. The predicted molar refractivity (Wildman–Crippen MR) is 141 cm³/mol. The quantitative estimate of drug-likeness (QED) is 0.273. The average Bonchev–Trinajstić information content (AvgIpc) is 3.53. The summed E-state index contributed by atoms with van der Waals surface area (Å²) in [5, 5.41) is 5.22. The summed E-state index contributed by atoms with van der Waals surface area (Å²) in [6.45, 7) is 3.88. The lowest BCUT2D eigenvalue weighted by molar-refractivity contribution is -0.140. The first-order chi connectivity index (χ1) is 19.1. The van der Waals surface area contributed by atoms with Crippen molar-refractivity contribution in [2.45, 2.75) is 51.4 Å². The number of aromatic nitrogens is 8. The highest BCUT2D eigenvalue weighted by Gasteiger charge is 2.35. The molecule has 0 bridgehead atoms. The van der Waals surface area contributed by atoms with Gasteiger partial charge in [0.05, 0.1) is 30.9 Å². The standard InChI is InChI=1S/C27H26F3N9O/c1-14(2)38-12-20(27(28,29)30)36-24(38)16-6-7-17(19(31)8-16)11-39-25-18(10-35-39)9-32-23(37-25)21-22(15-4-5-15)33-13-34-26(21)40-3/h6-10,12-15H,4-5,11,31H2,1-3H3. The van der Waals surface area contributed by atoms with E-state index in [1.54, 1.807) is 56.2 Å². The summed E-state index contributed by atoms with van der Waals surface area (Å²) >= 11 is 0. The van der Waals surface area contributed by atoms with E-state index in [9.17, 15) is 13.2 Å². The van der Waals surface area contributed by atoms with E-state index in [4.69, 9.17) is 15.5 Å². The Bertz CT molecular complexity index is 1720. The number of nitrogens with two attached hydrogens (primary N) is 1. The maximum absolute atomic E-state index is 13.4. The highest BCUT2D eigenvalue weighted by atomic mass is 19.4. The van der Waals surface area contributed by atoms with Crippen molar-refractivity contribution in [2.75, 3.05) is 12.8 Å². The summed E-state index contributed by atoms with van der Waals surface area (Å²) < 4.78 is 48.8. The Morgan fingerprint density at radius 3 is 2.58 bits per heavy atom. The first-order valence-electron chi connectivity index (χ1n) is 12.8. The second-order valence-electron chi connectivity index (χ2n) is 10.1. The molecule has 0 radical (unpaired) electrons. The number of anilines is 1. The molecule has 1 aromatic carbocycles. The number of nitrogen functional groups attached to an aromatic ring is 1. The van der Waals surface area contributed by atoms with Crippen LogP contribution >= 0.6 is 0 Å². The first kappa shape index (κ1) is 25.7. The van der Waals surface area contributed by atoms with Crippen molar-refractivity contribution in [1.82, 2.24) is 39.3 Å². The van der Waals surface area contributed by atoms with Crippen molar-refractivity contribution in [3.05, 3.63) is 60.1 Å². The molecule has 10 nitrogen and oxygen atoms in total. The lowest BCUT2D eigenvalue weighted by Crippen LogP contribution is -2.07. The molecule has 40 heavy (non-hydrogen) atoms. The molecule has 1 fully saturated rings. The number of alkyl halides is 3. The Balaban J connectivity index is 1.35. The number of halogens is 3. The fraction of sp³-hybridized carbons (Fsp3) is 0.333. The maximum Gasteiger partial charge on any atom is 0.434 e. The van der Waals surface area contributed by atoms with E-state index < -0.39 is 11.9 Å². The van der Waals surface area contributed by atoms with Gasteiger partial charge in [0.15, 0.2) is 17.2 Å². The van der Waals surface area contributed by atoms with Gasteiger partial charge in [0.1, 0.15) is 17.7 Å². The molecule has 2 N–H and O–H groups in total. The summed E-state index contributed by atoms with van der Waals surface area (Å²) in [4.78, 5) is 21.9. The van der Waals surface area contributed by atoms with Gasteiger partial charge in [-0.1, -0.05) is 12.1 Å². The van der Waals surface area contributed by atoms with Gasteiger partial charge < -0.3 is 15.0 Å². The second-order valence-corrected chi connectivity index (χ2v) is 10.1.